The van der Waals surface area contributed by atoms with Gasteiger partial charge in [-0.1, -0.05) is 11.6 Å². The van der Waals surface area contributed by atoms with Gasteiger partial charge < -0.3 is 5.73 Å². The Bertz CT molecular complexity index is 827. The Hall–Kier alpha value is -2.31. The number of benzene rings is 1. The van der Waals surface area contributed by atoms with Gasteiger partial charge in [0.2, 0.25) is 0 Å². The molecule has 114 valence electrons. The number of aromatic nitrogens is 2. The molecule has 2 aromatic rings. The van der Waals surface area contributed by atoms with Gasteiger partial charge in [-0.15, -0.1) is 0 Å². The Kier molecular flexibility index (Phi) is 2.89. The van der Waals surface area contributed by atoms with Gasteiger partial charge in [-0.05, 0) is 12.1 Å². The standard InChI is InChI=1S/C12H5ClF4N4O/c13-8-2-6-7(12(16,17)22-11(6,14)15)3-9(8)21-10(19)1-5(4-18)20-21/h1-3H,19H2. The highest BCUT2D eigenvalue weighted by Crippen LogP contribution is 2.52. The molecule has 0 saturated carbocycles. The van der Waals surface area contributed by atoms with E-state index in [4.69, 9.17) is 22.6 Å². The number of hydrogen-bond donors (Lipinski definition) is 1. The van der Waals surface area contributed by atoms with Crippen molar-refractivity contribution in [2.45, 2.75) is 12.2 Å². The van der Waals surface area contributed by atoms with E-state index in [0.717, 1.165) is 4.68 Å². The maximum Gasteiger partial charge on any atom is 0.388 e. The fraction of sp³-hybridized carbons (Fsp3) is 0.167. The molecule has 1 aromatic carbocycles. The van der Waals surface area contributed by atoms with E-state index in [1.165, 1.54) is 6.07 Å². The van der Waals surface area contributed by atoms with Crippen molar-refractivity contribution in [3.8, 4) is 11.8 Å². The quantitative estimate of drug-likeness (QED) is 0.814. The lowest BCUT2D eigenvalue weighted by Crippen LogP contribution is -2.17. The number of nitriles is 1. The van der Waals surface area contributed by atoms with Crippen LogP contribution < -0.4 is 5.73 Å². The maximum atomic E-state index is 13.6. The summed E-state index contributed by atoms with van der Waals surface area (Å²) in [5, 5.41) is 12.2. The van der Waals surface area contributed by atoms with E-state index in [9.17, 15) is 17.6 Å². The number of nitrogen functional groups attached to an aromatic ring is 1. The fourth-order valence-corrected chi connectivity index (χ4v) is 2.36. The van der Waals surface area contributed by atoms with Crippen molar-refractivity contribution in [3.63, 3.8) is 0 Å². The molecule has 22 heavy (non-hydrogen) atoms. The van der Waals surface area contributed by atoms with Crippen molar-refractivity contribution >= 4 is 17.4 Å². The number of rotatable bonds is 1. The largest absolute Gasteiger partial charge is 0.388 e. The predicted octanol–water partition coefficient (Wildman–Crippen LogP) is 3.11. The second-order valence-electron chi connectivity index (χ2n) is 4.46. The van der Waals surface area contributed by atoms with E-state index in [-0.39, 0.29) is 22.2 Å². The highest BCUT2D eigenvalue weighted by molar-refractivity contribution is 6.32. The summed E-state index contributed by atoms with van der Waals surface area (Å²) in [7, 11) is 0. The van der Waals surface area contributed by atoms with Gasteiger partial charge in [0.25, 0.3) is 0 Å². The summed E-state index contributed by atoms with van der Waals surface area (Å²) in [6, 6.07) is 4.28. The lowest BCUT2D eigenvalue weighted by molar-refractivity contribution is -0.369. The van der Waals surface area contributed by atoms with Crippen molar-refractivity contribution in [2.24, 2.45) is 0 Å². The number of alkyl halides is 4. The molecule has 1 aliphatic rings. The zero-order valence-electron chi connectivity index (χ0n) is 10.4. The van der Waals surface area contributed by atoms with E-state index in [1.54, 1.807) is 6.07 Å². The van der Waals surface area contributed by atoms with E-state index in [0.29, 0.717) is 12.1 Å². The Morgan fingerprint density at radius 3 is 2.32 bits per heavy atom. The molecule has 0 bridgehead atoms. The van der Waals surface area contributed by atoms with Gasteiger partial charge in [0.1, 0.15) is 11.9 Å². The second kappa shape index (κ2) is 4.34. The molecule has 1 aromatic heterocycles. The van der Waals surface area contributed by atoms with Crippen LogP contribution in [0.5, 0.6) is 0 Å². The molecule has 0 radical (unpaired) electrons. The molecule has 1 aliphatic heterocycles. The molecule has 5 nitrogen and oxygen atoms in total. The van der Waals surface area contributed by atoms with Crippen molar-refractivity contribution < 1.29 is 22.3 Å². The Morgan fingerprint density at radius 1 is 1.18 bits per heavy atom. The zero-order valence-corrected chi connectivity index (χ0v) is 11.2. The van der Waals surface area contributed by atoms with Gasteiger partial charge in [-0.3, -0.25) is 0 Å². The highest BCUT2D eigenvalue weighted by atomic mass is 35.5. The summed E-state index contributed by atoms with van der Waals surface area (Å²) in [6.45, 7) is 0. The predicted molar refractivity (Wildman–Crippen MR) is 66.6 cm³/mol. The fourth-order valence-electron chi connectivity index (χ4n) is 2.12. The summed E-state index contributed by atoms with van der Waals surface area (Å²) in [5.74, 6) is -0.0626. The Morgan fingerprint density at radius 2 is 1.77 bits per heavy atom. The van der Waals surface area contributed by atoms with Crippen LogP contribution in [0.15, 0.2) is 18.2 Å². The van der Waals surface area contributed by atoms with Crippen LogP contribution in [0, 0.1) is 11.3 Å². The third-order valence-electron chi connectivity index (χ3n) is 3.05. The third-order valence-corrected chi connectivity index (χ3v) is 3.35. The molecule has 0 amide bonds. The van der Waals surface area contributed by atoms with Crippen LogP contribution in [0.3, 0.4) is 0 Å². The smallest absolute Gasteiger partial charge is 0.384 e. The number of nitrogens with two attached hydrogens (primary N) is 1. The number of ether oxygens (including phenoxy) is 1. The number of nitrogens with zero attached hydrogens (tertiary/aromatic N) is 3. The van der Waals surface area contributed by atoms with Gasteiger partial charge in [-0.25, -0.2) is 9.42 Å². The first-order valence-electron chi connectivity index (χ1n) is 5.72. The van der Waals surface area contributed by atoms with Crippen molar-refractivity contribution in [2.75, 3.05) is 5.73 Å². The number of hydrogen-bond acceptors (Lipinski definition) is 4. The zero-order chi connectivity index (χ0) is 16.3. The minimum atomic E-state index is -4.18. The molecule has 0 spiro atoms. The van der Waals surface area contributed by atoms with Crippen LogP contribution in [0.4, 0.5) is 23.4 Å². The van der Waals surface area contributed by atoms with Crippen molar-refractivity contribution in [1.82, 2.24) is 9.78 Å². The molecule has 10 heteroatoms. The first-order valence-corrected chi connectivity index (χ1v) is 6.10. The molecule has 2 N–H and O–H groups in total. The highest BCUT2D eigenvalue weighted by Gasteiger charge is 2.57. The lowest BCUT2D eigenvalue weighted by atomic mass is 10.1. The minimum absolute atomic E-state index is 0.0626. The van der Waals surface area contributed by atoms with Crippen molar-refractivity contribution in [3.05, 3.63) is 40.0 Å². The van der Waals surface area contributed by atoms with Crippen LogP contribution in [0.1, 0.15) is 16.8 Å². The SMILES string of the molecule is N#Cc1cc(N)n(-c2cc3c(cc2Cl)C(F)(F)OC3(F)F)n1. The summed E-state index contributed by atoms with van der Waals surface area (Å²) in [5.41, 5.74) is 3.29. The topological polar surface area (TPSA) is 76.9 Å². The number of anilines is 1. The van der Waals surface area contributed by atoms with Gasteiger partial charge in [0.15, 0.2) is 5.69 Å². The average molecular weight is 333 g/mol. The number of halogens is 5. The van der Waals surface area contributed by atoms with Crippen LogP contribution in [0.2, 0.25) is 5.02 Å². The van der Waals surface area contributed by atoms with E-state index >= 15 is 0 Å². The molecule has 2 heterocycles. The van der Waals surface area contributed by atoms with Crippen LogP contribution in [0.25, 0.3) is 5.69 Å². The summed E-state index contributed by atoms with van der Waals surface area (Å²) in [6.07, 6.45) is -8.34. The summed E-state index contributed by atoms with van der Waals surface area (Å²) in [4.78, 5) is 0. The van der Waals surface area contributed by atoms with Gasteiger partial charge in [-0.2, -0.15) is 27.9 Å². The summed E-state index contributed by atoms with van der Waals surface area (Å²) >= 11 is 5.85. The normalized spacial score (nSPS) is 18.0. The molecular weight excluding hydrogens is 328 g/mol. The second-order valence-corrected chi connectivity index (χ2v) is 4.87. The van der Waals surface area contributed by atoms with Gasteiger partial charge in [0, 0.05) is 6.07 Å². The Balaban J connectivity index is 2.25. The lowest BCUT2D eigenvalue weighted by Gasteiger charge is -2.11. The van der Waals surface area contributed by atoms with Crippen LogP contribution >= 0.6 is 11.6 Å². The van der Waals surface area contributed by atoms with Gasteiger partial charge in [0.05, 0.1) is 21.8 Å². The third kappa shape index (κ3) is 2.00. The summed E-state index contributed by atoms with van der Waals surface area (Å²) < 4.78 is 58.4. The number of fused-ring (bicyclic) bond motifs is 1. The van der Waals surface area contributed by atoms with E-state index in [2.05, 4.69) is 9.84 Å². The van der Waals surface area contributed by atoms with Crippen molar-refractivity contribution in [1.29, 1.82) is 5.26 Å². The molecule has 3 rings (SSSR count). The Labute approximate surface area is 125 Å². The first-order chi connectivity index (χ1) is 10.2. The van der Waals surface area contributed by atoms with E-state index < -0.39 is 23.3 Å². The molecule has 0 atom stereocenters. The minimum Gasteiger partial charge on any atom is -0.384 e. The average Bonchev–Trinajstić information content (AvgIpc) is 2.85. The van der Waals surface area contributed by atoms with Crippen LogP contribution in [-0.2, 0) is 17.0 Å². The van der Waals surface area contributed by atoms with Crippen LogP contribution in [-0.4, -0.2) is 9.78 Å². The molecule has 0 saturated heterocycles. The maximum absolute atomic E-state index is 13.6. The van der Waals surface area contributed by atoms with E-state index in [1.807, 2.05) is 0 Å². The molecule has 0 unspecified atom stereocenters. The first kappa shape index (κ1) is 14.6. The monoisotopic (exact) mass is 332 g/mol. The molecular formula is C12H5ClF4N4O. The molecule has 0 aliphatic carbocycles. The molecule has 0 fully saturated rings. The van der Waals surface area contributed by atoms with Gasteiger partial charge >= 0.3 is 12.2 Å².